The van der Waals surface area contributed by atoms with E-state index in [0.29, 0.717) is 0 Å². The Morgan fingerprint density at radius 1 is 0.682 bits per heavy atom. The predicted octanol–water partition coefficient (Wildman–Crippen LogP) is 5.39. The lowest BCUT2D eigenvalue weighted by Gasteiger charge is -2.12. The molecular formula is C22H22. The van der Waals surface area contributed by atoms with Gasteiger partial charge in [-0.25, -0.2) is 0 Å². The highest BCUT2D eigenvalue weighted by molar-refractivity contribution is 5.66. The van der Waals surface area contributed by atoms with Crippen molar-refractivity contribution in [2.45, 2.75) is 39.5 Å². The molecule has 2 aromatic carbocycles. The summed E-state index contributed by atoms with van der Waals surface area (Å²) in [6.45, 7) is 4.48. The third-order valence-electron chi connectivity index (χ3n) is 5.00. The van der Waals surface area contributed by atoms with Gasteiger partial charge in [0.1, 0.15) is 0 Å². The molecule has 4 rings (SSSR count). The minimum atomic E-state index is 1.14. The third-order valence-corrected chi connectivity index (χ3v) is 5.00. The monoisotopic (exact) mass is 286 g/mol. The van der Waals surface area contributed by atoms with Gasteiger partial charge in [0.2, 0.25) is 0 Å². The summed E-state index contributed by atoms with van der Waals surface area (Å²) >= 11 is 0. The Bertz CT molecular complexity index is 733. The van der Waals surface area contributed by atoms with Crippen LogP contribution in [0.3, 0.4) is 0 Å². The molecule has 0 saturated carbocycles. The molecule has 110 valence electrons. The Morgan fingerprint density at radius 2 is 1.14 bits per heavy atom. The number of aryl methyl sites for hydroxylation is 2. The molecule has 22 heavy (non-hydrogen) atoms. The maximum absolute atomic E-state index is 2.34. The molecule has 0 nitrogen and oxygen atoms in total. The van der Waals surface area contributed by atoms with Crippen molar-refractivity contribution in [1.82, 2.24) is 0 Å². The molecule has 2 aromatic rings. The molecule has 0 N–H and O–H groups in total. The maximum Gasteiger partial charge on any atom is -0.00579 e. The van der Waals surface area contributed by atoms with E-state index in [9.17, 15) is 0 Å². The van der Waals surface area contributed by atoms with E-state index in [1.54, 1.807) is 11.1 Å². The van der Waals surface area contributed by atoms with E-state index in [4.69, 9.17) is 0 Å². The van der Waals surface area contributed by atoms with Crippen LogP contribution in [0, 0.1) is 0 Å². The number of hydrogen-bond donors (Lipinski definition) is 0. The summed E-state index contributed by atoms with van der Waals surface area (Å²) in [5.41, 5.74) is 12.0. The second kappa shape index (κ2) is 5.28. The molecule has 0 spiro atoms. The van der Waals surface area contributed by atoms with Gasteiger partial charge in [-0.3, -0.25) is 0 Å². The third kappa shape index (κ3) is 2.33. The van der Waals surface area contributed by atoms with E-state index in [-0.39, 0.29) is 0 Å². The van der Waals surface area contributed by atoms with Gasteiger partial charge < -0.3 is 0 Å². The number of rotatable bonds is 3. The summed E-state index contributed by atoms with van der Waals surface area (Å²) < 4.78 is 0. The highest BCUT2D eigenvalue weighted by atomic mass is 14.2. The quantitative estimate of drug-likeness (QED) is 0.709. The Hall–Kier alpha value is -2.08. The van der Waals surface area contributed by atoms with Crippen molar-refractivity contribution in [3.63, 3.8) is 0 Å². The van der Waals surface area contributed by atoms with Crippen molar-refractivity contribution in [3.05, 3.63) is 80.9 Å². The molecule has 0 saturated heterocycles. The van der Waals surface area contributed by atoms with Gasteiger partial charge in [0.15, 0.2) is 0 Å². The summed E-state index contributed by atoms with van der Waals surface area (Å²) in [5, 5.41) is 0. The van der Waals surface area contributed by atoms with Crippen LogP contribution in [0.1, 0.15) is 47.2 Å². The molecule has 0 aromatic heterocycles. The molecule has 0 unspecified atom stereocenters. The summed E-state index contributed by atoms with van der Waals surface area (Å²) in [6.07, 6.45) is 9.26. The fourth-order valence-electron chi connectivity index (χ4n) is 3.94. The molecule has 0 atom stereocenters. The molecule has 2 aliphatic rings. The van der Waals surface area contributed by atoms with Crippen LogP contribution in [-0.2, 0) is 25.7 Å². The van der Waals surface area contributed by atoms with Crippen LogP contribution in [-0.4, -0.2) is 0 Å². The number of fused-ring (bicyclic) bond motifs is 2. The van der Waals surface area contributed by atoms with E-state index in [1.165, 1.54) is 33.4 Å². The minimum absolute atomic E-state index is 1.14. The van der Waals surface area contributed by atoms with Crippen LogP contribution >= 0.6 is 0 Å². The second-order valence-corrected chi connectivity index (χ2v) is 6.80. The van der Waals surface area contributed by atoms with Crippen LogP contribution < -0.4 is 0 Å². The van der Waals surface area contributed by atoms with Crippen molar-refractivity contribution < 1.29 is 0 Å². The number of hydrogen-bond acceptors (Lipinski definition) is 0. The summed E-state index contributed by atoms with van der Waals surface area (Å²) in [4.78, 5) is 0. The van der Waals surface area contributed by atoms with Crippen LogP contribution in [0.4, 0.5) is 0 Å². The summed E-state index contributed by atoms with van der Waals surface area (Å²) in [5.74, 6) is 0. The van der Waals surface area contributed by atoms with Gasteiger partial charge in [-0.2, -0.15) is 0 Å². The Balaban J connectivity index is 1.57. The first-order valence-corrected chi connectivity index (χ1v) is 8.26. The van der Waals surface area contributed by atoms with Gasteiger partial charge in [0.05, 0.1) is 0 Å². The van der Waals surface area contributed by atoms with Crippen LogP contribution in [0.2, 0.25) is 0 Å². The lowest BCUT2D eigenvalue weighted by molar-refractivity contribution is 0.921. The molecule has 0 radical (unpaired) electrons. The second-order valence-electron chi connectivity index (χ2n) is 6.80. The Labute approximate surface area is 133 Å². The first kappa shape index (κ1) is 13.6. The molecule has 0 heteroatoms. The van der Waals surface area contributed by atoms with Crippen molar-refractivity contribution in [2.24, 2.45) is 0 Å². The van der Waals surface area contributed by atoms with Gasteiger partial charge in [-0.15, -0.1) is 0 Å². The molecule has 0 fully saturated rings. The van der Waals surface area contributed by atoms with Crippen LogP contribution in [0.5, 0.6) is 0 Å². The minimum Gasteiger partial charge on any atom is -0.0683 e. The van der Waals surface area contributed by atoms with Crippen molar-refractivity contribution in [3.8, 4) is 0 Å². The van der Waals surface area contributed by atoms with Crippen molar-refractivity contribution >= 4 is 12.2 Å². The van der Waals surface area contributed by atoms with Gasteiger partial charge in [-0.05, 0) is 72.9 Å². The first-order valence-electron chi connectivity index (χ1n) is 8.26. The first-order chi connectivity index (χ1) is 10.7. The largest absolute Gasteiger partial charge is 0.0683 e. The van der Waals surface area contributed by atoms with Gasteiger partial charge in [0.25, 0.3) is 0 Å². The molecule has 0 aliphatic heterocycles. The SMILES string of the molecule is CC1=Cc2cccc(CCc3cccc4c3CC(C)=C4)c2C1. The average molecular weight is 286 g/mol. The zero-order valence-electron chi connectivity index (χ0n) is 13.4. The zero-order valence-corrected chi connectivity index (χ0v) is 13.4. The van der Waals surface area contributed by atoms with E-state index < -0.39 is 0 Å². The van der Waals surface area contributed by atoms with Crippen molar-refractivity contribution in [1.29, 1.82) is 0 Å². The van der Waals surface area contributed by atoms with E-state index in [1.807, 2.05) is 0 Å². The van der Waals surface area contributed by atoms with Gasteiger partial charge in [-0.1, -0.05) is 59.7 Å². The predicted molar refractivity (Wildman–Crippen MR) is 95.0 cm³/mol. The lowest BCUT2D eigenvalue weighted by Crippen LogP contribution is -2.00. The van der Waals surface area contributed by atoms with E-state index in [2.05, 4.69) is 62.4 Å². The van der Waals surface area contributed by atoms with E-state index >= 15 is 0 Å². The van der Waals surface area contributed by atoms with Crippen LogP contribution in [0.15, 0.2) is 47.5 Å². The topological polar surface area (TPSA) is 0 Å². The molecule has 0 heterocycles. The highest BCUT2D eigenvalue weighted by Crippen LogP contribution is 2.31. The Morgan fingerprint density at radius 3 is 1.59 bits per heavy atom. The summed E-state index contributed by atoms with van der Waals surface area (Å²) in [7, 11) is 0. The van der Waals surface area contributed by atoms with Crippen LogP contribution in [0.25, 0.3) is 12.2 Å². The van der Waals surface area contributed by atoms with Gasteiger partial charge in [0, 0.05) is 0 Å². The lowest BCUT2D eigenvalue weighted by atomic mass is 9.93. The number of allylic oxidation sites excluding steroid dienone is 2. The molecule has 2 aliphatic carbocycles. The standard InChI is InChI=1S/C22H22/c1-15-11-19-7-3-5-17(21(19)13-15)9-10-18-6-4-8-20-12-16(2)14-22(18)20/h3-8,11-12H,9-10,13-14H2,1-2H3. The molecule has 0 bridgehead atoms. The summed E-state index contributed by atoms with van der Waals surface area (Å²) in [6, 6.07) is 13.6. The normalized spacial score (nSPS) is 15.4. The smallest absolute Gasteiger partial charge is 0.00579 e. The van der Waals surface area contributed by atoms with Gasteiger partial charge >= 0.3 is 0 Å². The fourth-order valence-corrected chi connectivity index (χ4v) is 3.94. The molecular weight excluding hydrogens is 264 g/mol. The van der Waals surface area contributed by atoms with Crippen molar-refractivity contribution in [2.75, 3.05) is 0 Å². The average Bonchev–Trinajstić information content (AvgIpc) is 3.06. The van der Waals surface area contributed by atoms with E-state index in [0.717, 1.165) is 25.7 Å². The number of benzene rings is 2. The highest BCUT2D eigenvalue weighted by Gasteiger charge is 2.16. The fraction of sp³-hybridized carbons (Fsp3) is 0.273. The zero-order chi connectivity index (χ0) is 15.1. The maximum atomic E-state index is 2.34. The Kier molecular flexibility index (Phi) is 3.26. The molecule has 0 amide bonds.